The van der Waals surface area contributed by atoms with Crippen molar-refractivity contribution < 1.29 is 23.8 Å². The fraction of sp³-hybridized carbons (Fsp3) is 0.450. The predicted octanol–water partition coefficient (Wildman–Crippen LogP) is 2.45. The largest absolute Gasteiger partial charge is 0.454 e. The van der Waals surface area contributed by atoms with Gasteiger partial charge in [0.1, 0.15) is 0 Å². The molecule has 5 rings (SSSR count). The number of carbonyl (C=O) groups is 2. The average molecular weight is 415 g/mol. The average Bonchev–Trinajstić information content (AvgIpc) is 3.49. The topological polar surface area (TPSA) is 98.8 Å². The van der Waals surface area contributed by atoms with E-state index in [0.29, 0.717) is 28.7 Å². The molecule has 8 nitrogen and oxygen atoms in total. The lowest BCUT2D eigenvalue weighted by atomic mass is 10.1. The van der Waals surface area contributed by atoms with Crippen LogP contribution in [-0.2, 0) is 16.0 Å². The van der Waals surface area contributed by atoms with Gasteiger partial charge in [0.15, 0.2) is 16.6 Å². The van der Waals surface area contributed by atoms with E-state index < -0.39 is 0 Å². The molecule has 1 aromatic heterocycles. The maximum Gasteiger partial charge on any atom is 0.257 e. The van der Waals surface area contributed by atoms with Crippen molar-refractivity contribution in [2.45, 2.75) is 37.7 Å². The number of hydrogen-bond donors (Lipinski definition) is 2. The molecule has 1 aromatic carbocycles. The van der Waals surface area contributed by atoms with Crippen LogP contribution in [0.15, 0.2) is 18.2 Å². The molecule has 1 fully saturated rings. The number of hydrogen-bond acceptors (Lipinski definition) is 7. The number of thiazole rings is 1. The van der Waals surface area contributed by atoms with Crippen molar-refractivity contribution in [1.29, 1.82) is 0 Å². The van der Waals surface area contributed by atoms with E-state index in [-0.39, 0.29) is 30.6 Å². The Morgan fingerprint density at radius 3 is 2.97 bits per heavy atom. The van der Waals surface area contributed by atoms with E-state index >= 15 is 0 Å². The number of nitrogens with zero attached hydrogens (tertiary/aromatic N) is 1. The molecule has 2 atom stereocenters. The van der Waals surface area contributed by atoms with Gasteiger partial charge in [0, 0.05) is 23.6 Å². The molecule has 2 aromatic rings. The van der Waals surface area contributed by atoms with Gasteiger partial charge in [-0.15, -0.1) is 11.3 Å². The van der Waals surface area contributed by atoms with Crippen LogP contribution in [0, 0.1) is 0 Å². The second-order valence-corrected chi connectivity index (χ2v) is 8.40. The van der Waals surface area contributed by atoms with Crippen molar-refractivity contribution >= 4 is 28.3 Å². The van der Waals surface area contributed by atoms with Crippen molar-refractivity contribution in [3.63, 3.8) is 0 Å². The molecule has 2 amide bonds. The van der Waals surface area contributed by atoms with Gasteiger partial charge in [-0.05, 0) is 43.9 Å². The Morgan fingerprint density at radius 2 is 2.10 bits per heavy atom. The number of amides is 2. The highest BCUT2D eigenvalue weighted by Gasteiger charge is 2.33. The van der Waals surface area contributed by atoms with E-state index in [1.54, 1.807) is 18.2 Å². The van der Waals surface area contributed by atoms with Crippen molar-refractivity contribution in [1.82, 2.24) is 10.3 Å². The van der Waals surface area contributed by atoms with Crippen LogP contribution in [-0.4, -0.2) is 42.8 Å². The summed E-state index contributed by atoms with van der Waals surface area (Å²) in [5.41, 5.74) is 1.25. The maximum absolute atomic E-state index is 12.6. The van der Waals surface area contributed by atoms with Crippen molar-refractivity contribution in [3.8, 4) is 11.5 Å². The molecule has 0 saturated carbocycles. The van der Waals surface area contributed by atoms with Crippen LogP contribution < -0.4 is 20.1 Å². The SMILES string of the molecule is O=C(Nc1nc2c(s1)CC[C@H]2C(=O)NC[C@H]1CCCO1)c1ccc2c(c1)OCO2. The molecule has 2 aliphatic heterocycles. The fourth-order valence-corrected chi connectivity index (χ4v) is 4.92. The minimum atomic E-state index is -0.268. The summed E-state index contributed by atoms with van der Waals surface area (Å²) in [4.78, 5) is 30.8. The predicted molar refractivity (Wildman–Crippen MR) is 106 cm³/mol. The zero-order chi connectivity index (χ0) is 19.8. The molecule has 3 heterocycles. The number of fused-ring (bicyclic) bond motifs is 2. The Bertz CT molecular complexity index is 954. The molecule has 3 aliphatic rings. The molecule has 2 N–H and O–H groups in total. The van der Waals surface area contributed by atoms with Gasteiger partial charge in [-0.3, -0.25) is 14.9 Å². The number of rotatable bonds is 5. The number of ether oxygens (including phenoxy) is 3. The van der Waals surface area contributed by atoms with E-state index in [2.05, 4.69) is 15.6 Å². The third-order valence-electron chi connectivity index (χ3n) is 5.42. The normalized spacial score (nSPS) is 21.8. The summed E-state index contributed by atoms with van der Waals surface area (Å²) in [5.74, 6) is 0.640. The van der Waals surface area contributed by atoms with Crippen LogP contribution in [0.4, 0.5) is 5.13 Å². The van der Waals surface area contributed by atoms with Gasteiger partial charge in [-0.2, -0.15) is 0 Å². The fourth-order valence-electron chi connectivity index (χ4n) is 3.89. The zero-order valence-corrected chi connectivity index (χ0v) is 16.5. The number of aryl methyl sites for hydroxylation is 1. The highest BCUT2D eigenvalue weighted by Crippen LogP contribution is 2.39. The standard InChI is InChI=1S/C20H21N3O5S/c24-18(11-3-5-14-15(8-11)28-10-27-14)23-20-22-17-13(4-6-16(17)29-20)19(25)21-9-12-2-1-7-26-12/h3,5,8,12-13H,1-2,4,6-7,9-10H2,(H,21,25)(H,22,23,24)/t12-,13-/m1/s1. The minimum absolute atomic E-state index is 0.0156. The van der Waals surface area contributed by atoms with Gasteiger partial charge in [0.05, 0.1) is 17.7 Å². The van der Waals surface area contributed by atoms with Crippen molar-refractivity contribution in [2.24, 2.45) is 0 Å². The third-order valence-corrected chi connectivity index (χ3v) is 6.46. The molecular formula is C20H21N3O5S. The summed E-state index contributed by atoms with van der Waals surface area (Å²) in [6.45, 7) is 1.48. The summed E-state index contributed by atoms with van der Waals surface area (Å²) in [6, 6.07) is 5.05. The van der Waals surface area contributed by atoms with Crippen molar-refractivity contribution in [2.75, 3.05) is 25.3 Å². The molecule has 0 unspecified atom stereocenters. The summed E-state index contributed by atoms with van der Waals surface area (Å²) in [6.07, 6.45) is 3.70. The first-order valence-corrected chi connectivity index (χ1v) is 10.6. The highest BCUT2D eigenvalue weighted by atomic mass is 32.1. The van der Waals surface area contributed by atoms with Crippen LogP contribution in [0.2, 0.25) is 0 Å². The Balaban J connectivity index is 1.23. The van der Waals surface area contributed by atoms with Crippen LogP contribution in [0.3, 0.4) is 0 Å². The quantitative estimate of drug-likeness (QED) is 0.778. The lowest BCUT2D eigenvalue weighted by molar-refractivity contribution is -0.123. The molecule has 9 heteroatoms. The van der Waals surface area contributed by atoms with E-state index in [1.807, 2.05) is 0 Å². The zero-order valence-electron chi connectivity index (χ0n) is 15.7. The van der Waals surface area contributed by atoms with Gasteiger partial charge >= 0.3 is 0 Å². The number of carbonyl (C=O) groups excluding carboxylic acids is 2. The van der Waals surface area contributed by atoms with E-state index in [0.717, 1.165) is 42.9 Å². The van der Waals surface area contributed by atoms with Gasteiger partial charge in [0.2, 0.25) is 12.7 Å². The van der Waals surface area contributed by atoms with Gasteiger partial charge < -0.3 is 19.5 Å². The summed E-state index contributed by atoms with van der Waals surface area (Å²) in [5, 5.41) is 6.34. The molecule has 29 heavy (non-hydrogen) atoms. The van der Waals surface area contributed by atoms with Gasteiger partial charge in [-0.1, -0.05) is 0 Å². The number of anilines is 1. The molecule has 0 bridgehead atoms. The first kappa shape index (κ1) is 18.4. The Hall–Kier alpha value is -2.65. The molecule has 1 saturated heterocycles. The van der Waals surface area contributed by atoms with E-state index in [1.165, 1.54) is 11.3 Å². The lowest BCUT2D eigenvalue weighted by Crippen LogP contribution is -2.34. The van der Waals surface area contributed by atoms with Gasteiger partial charge in [0.25, 0.3) is 5.91 Å². The Kier molecular flexibility index (Phi) is 4.84. The molecular weight excluding hydrogens is 394 g/mol. The molecule has 152 valence electrons. The maximum atomic E-state index is 12.6. The first-order chi connectivity index (χ1) is 14.2. The molecule has 0 radical (unpaired) electrons. The number of nitrogens with one attached hydrogen (secondary N) is 2. The second kappa shape index (κ2) is 7.64. The monoisotopic (exact) mass is 415 g/mol. The molecule has 0 spiro atoms. The van der Waals surface area contributed by atoms with Crippen LogP contribution in [0.5, 0.6) is 11.5 Å². The van der Waals surface area contributed by atoms with Crippen LogP contribution in [0.25, 0.3) is 0 Å². The highest BCUT2D eigenvalue weighted by molar-refractivity contribution is 7.16. The summed E-state index contributed by atoms with van der Waals surface area (Å²) in [7, 11) is 0. The van der Waals surface area contributed by atoms with Crippen LogP contribution >= 0.6 is 11.3 Å². The Morgan fingerprint density at radius 1 is 1.21 bits per heavy atom. The van der Waals surface area contributed by atoms with Gasteiger partial charge in [-0.25, -0.2) is 4.98 Å². The molecule has 1 aliphatic carbocycles. The number of aromatic nitrogens is 1. The Labute approximate surface area is 171 Å². The minimum Gasteiger partial charge on any atom is -0.454 e. The summed E-state index contributed by atoms with van der Waals surface area (Å²) >= 11 is 1.43. The lowest BCUT2D eigenvalue weighted by Gasteiger charge is -2.14. The smallest absolute Gasteiger partial charge is 0.257 e. The van der Waals surface area contributed by atoms with E-state index in [9.17, 15) is 9.59 Å². The third kappa shape index (κ3) is 3.67. The number of benzene rings is 1. The van der Waals surface area contributed by atoms with E-state index in [4.69, 9.17) is 14.2 Å². The first-order valence-electron chi connectivity index (χ1n) is 9.77. The van der Waals surface area contributed by atoms with Crippen LogP contribution in [0.1, 0.15) is 46.1 Å². The summed E-state index contributed by atoms with van der Waals surface area (Å²) < 4.78 is 16.2. The van der Waals surface area contributed by atoms with Crippen molar-refractivity contribution in [3.05, 3.63) is 34.3 Å². The second-order valence-electron chi connectivity index (χ2n) is 7.32.